The summed E-state index contributed by atoms with van der Waals surface area (Å²) in [5.41, 5.74) is 0.566. The largest absolute Gasteiger partial charge is 0.385 e. The molecule has 0 aromatic heterocycles. The molecule has 0 saturated heterocycles. The van der Waals surface area contributed by atoms with Crippen LogP contribution in [0.2, 0.25) is 0 Å². The first-order valence-corrected chi connectivity index (χ1v) is 4.80. The van der Waals surface area contributed by atoms with Gasteiger partial charge in [-0.25, -0.2) is 0 Å². The Morgan fingerprint density at radius 3 is 2.47 bits per heavy atom. The van der Waals surface area contributed by atoms with Gasteiger partial charge in [0, 0.05) is 0 Å². The van der Waals surface area contributed by atoms with E-state index >= 15 is 0 Å². The molecule has 86 valence electrons. The van der Waals surface area contributed by atoms with E-state index in [-0.39, 0.29) is 16.7 Å². The molecule has 2 rings (SSSR count). The topological polar surface area (TPSA) is 110 Å². The molecule has 2 atom stereocenters. The third kappa shape index (κ3) is 1.78. The first kappa shape index (κ1) is 11.3. The summed E-state index contributed by atoms with van der Waals surface area (Å²) < 4.78 is 0. The first-order valence-electron chi connectivity index (χ1n) is 4.80. The Hall–Kier alpha value is -2.23. The lowest BCUT2D eigenvalue weighted by Crippen LogP contribution is -2.20. The number of amides is 2. The van der Waals surface area contributed by atoms with Crippen LogP contribution in [0.5, 0.6) is 0 Å². The van der Waals surface area contributed by atoms with Gasteiger partial charge in [0.15, 0.2) is 6.10 Å². The monoisotopic (exact) mass is 232 g/mol. The van der Waals surface area contributed by atoms with Crippen LogP contribution in [0.4, 0.5) is 0 Å². The number of nitrogens with one attached hydrogen (secondary N) is 1. The molecular formula is C11H8N2O4. The van der Waals surface area contributed by atoms with Crippen LogP contribution in [-0.2, 0) is 0 Å². The van der Waals surface area contributed by atoms with E-state index in [1.807, 2.05) is 0 Å². The van der Waals surface area contributed by atoms with Crippen molar-refractivity contribution >= 4 is 11.8 Å². The Morgan fingerprint density at radius 1 is 1.18 bits per heavy atom. The molecule has 0 aliphatic carbocycles. The average molecular weight is 232 g/mol. The predicted octanol–water partition coefficient (Wildman–Crippen LogP) is -0.512. The summed E-state index contributed by atoms with van der Waals surface area (Å²) in [6.07, 6.45) is -2.98. The Labute approximate surface area is 96.1 Å². The summed E-state index contributed by atoms with van der Waals surface area (Å²) in [7, 11) is 0. The maximum absolute atomic E-state index is 11.3. The third-order valence-corrected chi connectivity index (χ3v) is 2.53. The van der Waals surface area contributed by atoms with Gasteiger partial charge in [-0.05, 0) is 17.7 Å². The number of aliphatic hydroxyl groups excluding tert-OH is 2. The smallest absolute Gasteiger partial charge is 0.258 e. The molecule has 1 heterocycles. The minimum atomic E-state index is -1.58. The highest BCUT2D eigenvalue weighted by atomic mass is 16.3. The highest BCUT2D eigenvalue weighted by Gasteiger charge is 2.28. The zero-order chi connectivity index (χ0) is 12.6. The van der Waals surface area contributed by atoms with Gasteiger partial charge in [0.25, 0.3) is 11.8 Å². The van der Waals surface area contributed by atoms with Crippen molar-refractivity contribution in [3.8, 4) is 6.07 Å². The molecule has 0 saturated carbocycles. The molecule has 1 aliphatic heterocycles. The highest BCUT2D eigenvalue weighted by molar-refractivity contribution is 6.21. The molecule has 6 nitrogen and oxygen atoms in total. The van der Waals surface area contributed by atoms with Gasteiger partial charge < -0.3 is 10.2 Å². The van der Waals surface area contributed by atoms with E-state index in [9.17, 15) is 14.7 Å². The van der Waals surface area contributed by atoms with Crippen LogP contribution in [-0.4, -0.2) is 28.1 Å². The van der Waals surface area contributed by atoms with Gasteiger partial charge in [-0.2, -0.15) is 5.26 Å². The summed E-state index contributed by atoms with van der Waals surface area (Å²) in [6.45, 7) is 0. The number of benzene rings is 1. The molecule has 1 aliphatic rings. The maximum atomic E-state index is 11.3. The van der Waals surface area contributed by atoms with Crippen molar-refractivity contribution < 1.29 is 19.8 Å². The Bertz CT molecular complexity index is 547. The molecule has 6 heteroatoms. The number of nitrogens with zero attached hydrogens (tertiary/aromatic N) is 1. The number of carbonyl (C=O) groups is 2. The van der Waals surface area contributed by atoms with Gasteiger partial charge in [-0.1, -0.05) is 6.07 Å². The maximum Gasteiger partial charge on any atom is 0.258 e. The van der Waals surface area contributed by atoms with E-state index in [1.165, 1.54) is 24.3 Å². The lowest BCUT2D eigenvalue weighted by atomic mass is 10.00. The molecule has 0 radical (unpaired) electrons. The van der Waals surface area contributed by atoms with Gasteiger partial charge in [0.05, 0.1) is 17.2 Å². The zero-order valence-corrected chi connectivity index (χ0v) is 8.54. The van der Waals surface area contributed by atoms with Crippen LogP contribution in [0.25, 0.3) is 0 Å². The molecule has 1 aromatic carbocycles. The number of fused-ring (bicyclic) bond motifs is 1. The molecule has 0 spiro atoms. The normalized spacial score (nSPS) is 17.0. The molecule has 3 N–H and O–H groups in total. The van der Waals surface area contributed by atoms with Crippen LogP contribution in [0.3, 0.4) is 0 Å². The second-order valence-electron chi connectivity index (χ2n) is 3.61. The lowest BCUT2D eigenvalue weighted by Gasteiger charge is -2.12. The van der Waals surface area contributed by atoms with E-state index in [0.717, 1.165) is 0 Å². The molecule has 1 aromatic rings. The minimum Gasteiger partial charge on any atom is -0.385 e. The number of hydrogen-bond donors (Lipinski definition) is 3. The van der Waals surface area contributed by atoms with Crippen LogP contribution >= 0.6 is 0 Å². The van der Waals surface area contributed by atoms with E-state index in [0.29, 0.717) is 0 Å². The van der Waals surface area contributed by atoms with E-state index in [4.69, 9.17) is 10.4 Å². The van der Waals surface area contributed by atoms with Crippen LogP contribution in [0, 0.1) is 11.3 Å². The second kappa shape index (κ2) is 3.97. The number of carbonyl (C=O) groups excluding carboxylic acids is 2. The fourth-order valence-electron chi connectivity index (χ4n) is 1.62. The molecular weight excluding hydrogens is 224 g/mol. The number of aliphatic hydroxyl groups is 2. The predicted molar refractivity (Wildman–Crippen MR) is 54.8 cm³/mol. The molecule has 0 fully saturated rings. The van der Waals surface area contributed by atoms with Crippen molar-refractivity contribution in [2.24, 2.45) is 0 Å². The molecule has 0 bridgehead atoms. The summed E-state index contributed by atoms with van der Waals surface area (Å²) in [5, 5.41) is 29.3. The standard InChI is InChI=1S/C11H8N2O4/c12-4-8(14)9(15)5-1-2-6-7(3-5)11(17)13-10(6)16/h1-3,8-9,14-15H,(H,13,16,17). The second-order valence-corrected chi connectivity index (χ2v) is 3.61. The highest BCUT2D eigenvalue weighted by Crippen LogP contribution is 2.23. The average Bonchev–Trinajstić information content (AvgIpc) is 2.62. The number of imide groups is 1. The molecule has 2 unspecified atom stereocenters. The third-order valence-electron chi connectivity index (χ3n) is 2.53. The zero-order valence-electron chi connectivity index (χ0n) is 8.54. The summed E-state index contributed by atoms with van der Waals surface area (Å²) in [5.74, 6) is -1.04. The number of rotatable bonds is 2. The van der Waals surface area contributed by atoms with Gasteiger partial charge in [0.1, 0.15) is 6.10 Å². The van der Waals surface area contributed by atoms with Gasteiger partial charge in [-0.15, -0.1) is 0 Å². The molecule has 17 heavy (non-hydrogen) atoms. The van der Waals surface area contributed by atoms with E-state index in [2.05, 4.69) is 5.32 Å². The van der Waals surface area contributed by atoms with Crippen molar-refractivity contribution in [2.75, 3.05) is 0 Å². The minimum absolute atomic E-state index is 0.136. The molecule has 2 amide bonds. The van der Waals surface area contributed by atoms with Crippen molar-refractivity contribution in [3.63, 3.8) is 0 Å². The first-order chi connectivity index (χ1) is 8.04. The fourth-order valence-corrected chi connectivity index (χ4v) is 1.62. The Morgan fingerprint density at radius 2 is 1.82 bits per heavy atom. The van der Waals surface area contributed by atoms with Crippen LogP contribution in [0.1, 0.15) is 32.4 Å². The van der Waals surface area contributed by atoms with E-state index < -0.39 is 24.0 Å². The summed E-state index contributed by atoms with van der Waals surface area (Å²) in [6, 6.07) is 5.55. The summed E-state index contributed by atoms with van der Waals surface area (Å²) in [4.78, 5) is 22.6. The van der Waals surface area contributed by atoms with Gasteiger partial charge in [0.2, 0.25) is 0 Å². The van der Waals surface area contributed by atoms with Gasteiger partial charge in [-0.3, -0.25) is 14.9 Å². The lowest BCUT2D eigenvalue weighted by molar-refractivity contribution is 0.0527. The quantitative estimate of drug-likeness (QED) is 0.469. The van der Waals surface area contributed by atoms with Crippen molar-refractivity contribution in [3.05, 3.63) is 34.9 Å². The van der Waals surface area contributed by atoms with Crippen molar-refractivity contribution in [2.45, 2.75) is 12.2 Å². The summed E-state index contributed by atoms with van der Waals surface area (Å²) >= 11 is 0. The van der Waals surface area contributed by atoms with Crippen LogP contribution < -0.4 is 5.32 Å². The Kier molecular flexibility index (Phi) is 2.63. The van der Waals surface area contributed by atoms with Crippen molar-refractivity contribution in [1.29, 1.82) is 5.26 Å². The fraction of sp³-hybridized carbons (Fsp3) is 0.182. The number of nitriles is 1. The van der Waals surface area contributed by atoms with Gasteiger partial charge >= 0.3 is 0 Å². The van der Waals surface area contributed by atoms with Crippen LogP contribution in [0.15, 0.2) is 18.2 Å². The van der Waals surface area contributed by atoms with E-state index in [1.54, 1.807) is 0 Å². The number of hydrogen-bond acceptors (Lipinski definition) is 5. The SMILES string of the molecule is N#CC(O)C(O)c1ccc2c(c1)C(=O)NC2=O. The Balaban J connectivity index is 2.42. The van der Waals surface area contributed by atoms with Crippen molar-refractivity contribution in [1.82, 2.24) is 5.32 Å².